The lowest BCUT2D eigenvalue weighted by atomic mass is 9.93. The number of imidazole rings is 1. The minimum Gasteiger partial charge on any atom is -0.354 e. The Morgan fingerprint density at radius 3 is 3.03 bits per heavy atom. The number of thiazole rings is 1. The molecular formula is C23H26N4OS2. The Morgan fingerprint density at radius 1 is 1.30 bits per heavy atom. The third kappa shape index (κ3) is 3.45. The van der Waals surface area contributed by atoms with Crippen LogP contribution in [-0.2, 0) is 13.0 Å². The number of hydrogen-bond acceptors (Lipinski definition) is 5. The molecule has 1 aromatic carbocycles. The van der Waals surface area contributed by atoms with Crippen LogP contribution in [0, 0.1) is 6.92 Å². The Hall–Kier alpha value is -2.22. The van der Waals surface area contributed by atoms with Gasteiger partial charge < -0.3 is 5.32 Å². The van der Waals surface area contributed by atoms with Crippen molar-refractivity contribution in [3.8, 4) is 0 Å². The van der Waals surface area contributed by atoms with Gasteiger partial charge >= 0.3 is 0 Å². The first-order valence-corrected chi connectivity index (χ1v) is 12.2. The molecule has 7 heteroatoms. The largest absolute Gasteiger partial charge is 0.354 e. The summed E-state index contributed by atoms with van der Waals surface area (Å²) in [4.78, 5) is 21.9. The molecule has 0 bridgehead atoms. The van der Waals surface area contributed by atoms with Gasteiger partial charge in [-0.2, -0.15) is 0 Å². The van der Waals surface area contributed by atoms with Crippen LogP contribution in [0.2, 0.25) is 0 Å². The molecule has 1 aliphatic rings. The van der Waals surface area contributed by atoms with E-state index in [1.807, 2.05) is 0 Å². The van der Waals surface area contributed by atoms with Crippen LogP contribution in [0.15, 0.2) is 35.8 Å². The molecule has 1 amide bonds. The zero-order valence-electron chi connectivity index (χ0n) is 17.4. The normalized spacial score (nSPS) is 17.7. The highest BCUT2D eigenvalue weighted by atomic mass is 32.1. The van der Waals surface area contributed by atoms with Crippen LogP contribution < -0.4 is 5.32 Å². The van der Waals surface area contributed by atoms with E-state index in [1.165, 1.54) is 40.6 Å². The minimum atomic E-state index is 0.0279. The SMILES string of the molecule is CNC(=O)c1sc2ccccc2c1CC1CCCCN1Cc1c(C)nc2sccn12. The average Bonchev–Trinajstić information content (AvgIpc) is 3.44. The van der Waals surface area contributed by atoms with Gasteiger partial charge in [0.15, 0.2) is 4.96 Å². The highest BCUT2D eigenvalue weighted by molar-refractivity contribution is 7.21. The molecule has 0 saturated carbocycles. The first-order chi connectivity index (χ1) is 14.7. The van der Waals surface area contributed by atoms with E-state index in [-0.39, 0.29) is 5.91 Å². The lowest BCUT2D eigenvalue weighted by Crippen LogP contribution is -2.41. The van der Waals surface area contributed by atoms with E-state index in [1.54, 1.807) is 29.7 Å². The molecule has 1 N–H and O–H groups in total. The van der Waals surface area contributed by atoms with Gasteiger partial charge in [0.1, 0.15) is 0 Å². The predicted octanol–water partition coefficient (Wildman–Crippen LogP) is 4.88. The third-order valence-corrected chi connectivity index (χ3v) is 8.20. The van der Waals surface area contributed by atoms with Crippen molar-refractivity contribution in [3.05, 3.63) is 57.7 Å². The number of carbonyl (C=O) groups is 1. The maximum Gasteiger partial charge on any atom is 0.261 e. The number of nitrogens with one attached hydrogen (secondary N) is 1. The van der Waals surface area contributed by atoms with E-state index >= 15 is 0 Å². The second kappa shape index (κ2) is 8.13. The summed E-state index contributed by atoms with van der Waals surface area (Å²) in [5, 5.41) is 6.17. The maximum absolute atomic E-state index is 12.6. The summed E-state index contributed by atoms with van der Waals surface area (Å²) in [7, 11) is 1.72. The van der Waals surface area contributed by atoms with Crippen LogP contribution in [0.25, 0.3) is 15.0 Å². The third-order valence-electron chi connectivity index (χ3n) is 6.23. The Bertz CT molecular complexity index is 1200. The number of fused-ring (bicyclic) bond motifs is 2. The number of nitrogens with zero attached hydrogens (tertiary/aromatic N) is 3. The highest BCUT2D eigenvalue weighted by Gasteiger charge is 2.28. The Morgan fingerprint density at radius 2 is 2.17 bits per heavy atom. The summed E-state index contributed by atoms with van der Waals surface area (Å²) < 4.78 is 3.43. The van der Waals surface area contributed by atoms with E-state index in [4.69, 9.17) is 4.98 Å². The van der Waals surface area contributed by atoms with E-state index in [0.29, 0.717) is 6.04 Å². The van der Waals surface area contributed by atoms with Crippen molar-refractivity contribution >= 4 is 43.6 Å². The topological polar surface area (TPSA) is 49.6 Å². The molecular weight excluding hydrogens is 412 g/mol. The quantitative estimate of drug-likeness (QED) is 0.483. The van der Waals surface area contributed by atoms with Crippen LogP contribution in [0.5, 0.6) is 0 Å². The van der Waals surface area contributed by atoms with Gasteiger partial charge in [0.05, 0.1) is 16.3 Å². The fourth-order valence-corrected chi connectivity index (χ4v) is 6.61. The van der Waals surface area contributed by atoms with Crippen molar-refractivity contribution in [3.63, 3.8) is 0 Å². The van der Waals surface area contributed by atoms with Crippen LogP contribution in [0.3, 0.4) is 0 Å². The second-order valence-electron chi connectivity index (χ2n) is 8.01. The molecule has 4 aromatic rings. The van der Waals surface area contributed by atoms with Gasteiger partial charge in [-0.25, -0.2) is 4.98 Å². The highest BCUT2D eigenvalue weighted by Crippen LogP contribution is 2.34. The number of amides is 1. The number of thiophene rings is 1. The lowest BCUT2D eigenvalue weighted by Gasteiger charge is -2.36. The van der Waals surface area contributed by atoms with Gasteiger partial charge in [-0.15, -0.1) is 22.7 Å². The van der Waals surface area contributed by atoms with Crippen LogP contribution in [-0.4, -0.2) is 39.8 Å². The number of benzene rings is 1. The summed E-state index contributed by atoms with van der Waals surface area (Å²) in [5.41, 5.74) is 3.62. The number of carbonyl (C=O) groups excluding carboxylic acids is 1. The molecule has 156 valence electrons. The molecule has 3 aromatic heterocycles. The average molecular weight is 439 g/mol. The van der Waals surface area contributed by atoms with Crippen molar-refractivity contribution in [1.82, 2.24) is 19.6 Å². The maximum atomic E-state index is 12.6. The molecule has 1 unspecified atom stereocenters. The number of hydrogen-bond donors (Lipinski definition) is 1. The molecule has 0 radical (unpaired) electrons. The molecule has 30 heavy (non-hydrogen) atoms. The molecule has 5 rings (SSSR count). The second-order valence-corrected chi connectivity index (χ2v) is 9.93. The van der Waals surface area contributed by atoms with Crippen molar-refractivity contribution in [2.75, 3.05) is 13.6 Å². The summed E-state index contributed by atoms with van der Waals surface area (Å²) in [6, 6.07) is 8.85. The first-order valence-electron chi connectivity index (χ1n) is 10.5. The van der Waals surface area contributed by atoms with E-state index in [2.05, 4.69) is 57.4 Å². The zero-order valence-corrected chi connectivity index (χ0v) is 19.0. The number of aromatic nitrogens is 2. The smallest absolute Gasteiger partial charge is 0.261 e. The van der Waals surface area contributed by atoms with Crippen LogP contribution in [0.4, 0.5) is 0 Å². The summed E-state index contributed by atoms with van der Waals surface area (Å²) in [6.07, 6.45) is 6.69. The van der Waals surface area contributed by atoms with Gasteiger partial charge in [-0.1, -0.05) is 24.6 Å². The summed E-state index contributed by atoms with van der Waals surface area (Å²) in [6.45, 7) is 4.12. The predicted molar refractivity (Wildman–Crippen MR) is 125 cm³/mol. The lowest BCUT2D eigenvalue weighted by molar-refractivity contribution is 0.0964. The van der Waals surface area contributed by atoms with Gasteiger partial charge in [-0.05, 0) is 49.7 Å². The molecule has 5 nitrogen and oxygen atoms in total. The fourth-order valence-electron chi connectivity index (χ4n) is 4.66. The first kappa shape index (κ1) is 19.7. The number of aryl methyl sites for hydroxylation is 1. The molecule has 1 fully saturated rings. The van der Waals surface area contributed by atoms with Gasteiger partial charge in [0.2, 0.25) is 0 Å². The van der Waals surface area contributed by atoms with Crippen molar-refractivity contribution in [2.24, 2.45) is 0 Å². The number of piperidine rings is 1. The molecule has 0 aliphatic carbocycles. The van der Waals surface area contributed by atoms with E-state index in [0.717, 1.165) is 35.0 Å². The minimum absolute atomic E-state index is 0.0279. The fraction of sp³-hybridized carbons (Fsp3) is 0.391. The molecule has 1 atom stereocenters. The van der Waals surface area contributed by atoms with Gasteiger partial charge in [-0.3, -0.25) is 14.1 Å². The summed E-state index contributed by atoms with van der Waals surface area (Å²) in [5.74, 6) is 0.0279. The van der Waals surface area contributed by atoms with E-state index < -0.39 is 0 Å². The number of rotatable bonds is 5. The Kier molecular flexibility index (Phi) is 5.35. The molecule has 0 spiro atoms. The Labute approximate surface area is 184 Å². The molecule has 1 saturated heterocycles. The monoisotopic (exact) mass is 438 g/mol. The zero-order chi connectivity index (χ0) is 20.7. The van der Waals surface area contributed by atoms with Crippen molar-refractivity contribution in [1.29, 1.82) is 0 Å². The standard InChI is InChI=1S/C23H26N4OS2/c1-15-19(27-11-12-29-23(27)25-15)14-26-10-6-5-7-16(26)13-18-17-8-3-4-9-20(17)30-21(18)22(28)24-2/h3-4,8-9,11-12,16H,5-7,10,13-14H2,1-2H3,(H,24,28). The van der Waals surface area contributed by atoms with Gasteiger partial charge in [0, 0.05) is 35.9 Å². The van der Waals surface area contributed by atoms with Crippen molar-refractivity contribution < 1.29 is 4.79 Å². The van der Waals surface area contributed by atoms with Gasteiger partial charge in [0.25, 0.3) is 5.91 Å². The Balaban J connectivity index is 1.48. The van der Waals surface area contributed by atoms with Crippen molar-refractivity contribution in [2.45, 2.75) is 45.2 Å². The van der Waals surface area contributed by atoms with Crippen LogP contribution in [0.1, 0.15) is 45.9 Å². The summed E-state index contributed by atoms with van der Waals surface area (Å²) >= 11 is 3.30. The van der Waals surface area contributed by atoms with E-state index in [9.17, 15) is 4.79 Å². The molecule has 4 heterocycles. The van der Waals surface area contributed by atoms with Crippen LogP contribution >= 0.6 is 22.7 Å². The number of likely N-dealkylation sites (tertiary alicyclic amines) is 1. The molecule has 1 aliphatic heterocycles.